The van der Waals surface area contributed by atoms with Crippen LogP contribution in [0.5, 0.6) is 0 Å². The summed E-state index contributed by atoms with van der Waals surface area (Å²) in [6, 6.07) is 0.00954. The largest absolute Gasteiger partial charge is 0.392 e. The van der Waals surface area contributed by atoms with E-state index in [4.69, 9.17) is 5.73 Å². The molecule has 1 rings (SSSR count). The van der Waals surface area contributed by atoms with Crippen molar-refractivity contribution in [2.75, 3.05) is 0 Å². The third-order valence-corrected chi connectivity index (χ3v) is 2.75. The number of aliphatic hydroxyl groups is 1. The Bertz CT molecular complexity index is 108. The molecular formula is C9H19NO. The van der Waals surface area contributed by atoms with E-state index in [1.165, 1.54) is 32.1 Å². The standard InChI is InChI=1S/C9H19NO/c1-7(11)9(10)8-5-3-2-4-6-8/h7-9,11H,2-6,10H2,1H3/t7-,9?/m0/s1. The minimum absolute atomic E-state index is 0.00954. The predicted molar refractivity (Wildman–Crippen MR) is 46.2 cm³/mol. The fourth-order valence-electron chi connectivity index (χ4n) is 1.91. The van der Waals surface area contributed by atoms with Crippen LogP contribution in [0.1, 0.15) is 39.0 Å². The smallest absolute Gasteiger partial charge is 0.0665 e. The van der Waals surface area contributed by atoms with Crippen LogP contribution in [-0.4, -0.2) is 17.3 Å². The summed E-state index contributed by atoms with van der Waals surface area (Å²) in [6.45, 7) is 1.79. The fourth-order valence-corrected chi connectivity index (χ4v) is 1.91. The summed E-state index contributed by atoms with van der Waals surface area (Å²) in [7, 11) is 0. The first-order valence-electron chi connectivity index (χ1n) is 4.65. The molecule has 0 saturated heterocycles. The van der Waals surface area contributed by atoms with Crippen LogP contribution in [0, 0.1) is 5.92 Å². The van der Waals surface area contributed by atoms with E-state index in [2.05, 4.69) is 0 Å². The van der Waals surface area contributed by atoms with Gasteiger partial charge in [0.15, 0.2) is 0 Å². The Morgan fingerprint density at radius 2 is 1.82 bits per heavy atom. The van der Waals surface area contributed by atoms with Crippen molar-refractivity contribution < 1.29 is 5.11 Å². The van der Waals surface area contributed by atoms with Crippen LogP contribution in [0.25, 0.3) is 0 Å². The summed E-state index contributed by atoms with van der Waals surface area (Å²) in [6.07, 6.45) is 6.04. The molecule has 2 atom stereocenters. The van der Waals surface area contributed by atoms with E-state index in [1.54, 1.807) is 6.92 Å². The number of hydrogen-bond donors (Lipinski definition) is 2. The van der Waals surface area contributed by atoms with Crippen LogP contribution in [0.4, 0.5) is 0 Å². The Morgan fingerprint density at radius 3 is 2.27 bits per heavy atom. The molecule has 1 saturated carbocycles. The van der Waals surface area contributed by atoms with Crippen molar-refractivity contribution in [3.63, 3.8) is 0 Å². The van der Waals surface area contributed by atoms with Crippen LogP contribution >= 0.6 is 0 Å². The molecule has 2 heteroatoms. The molecule has 0 aromatic rings. The SMILES string of the molecule is C[C@H](O)C(N)C1CCCCC1. The Balaban J connectivity index is 2.32. The zero-order chi connectivity index (χ0) is 8.27. The van der Waals surface area contributed by atoms with Crippen LogP contribution in [0.3, 0.4) is 0 Å². The molecule has 0 aliphatic heterocycles. The fraction of sp³-hybridized carbons (Fsp3) is 1.00. The zero-order valence-electron chi connectivity index (χ0n) is 7.29. The summed E-state index contributed by atoms with van der Waals surface area (Å²) < 4.78 is 0. The number of rotatable bonds is 2. The van der Waals surface area contributed by atoms with Crippen molar-refractivity contribution >= 4 is 0 Å². The summed E-state index contributed by atoms with van der Waals surface area (Å²) in [4.78, 5) is 0. The van der Waals surface area contributed by atoms with E-state index in [0.717, 1.165) is 0 Å². The number of aliphatic hydroxyl groups excluding tert-OH is 1. The summed E-state index contributed by atoms with van der Waals surface area (Å²) in [5, 5.41) is 9.25. The van der Waals surface area contributed by atoms with Gasteiger partial charge in [-0.2, -0.15) is 0 Å². The van der Waals surface area contributed by atoms with Crippen molar-refractivity contribution in [2.45, 2.75) is 51.2 Å². The molecule has 0 spiro atoms. The molecule has 11 heavy (non-hydrogen) atoms. The van der Waals surface area contributed by atoms with Crippen LogP contribution in [0.2, 0.25) is 0 Å². The van der Waals surface area contributed by atoms with Crippen molar-refractivity contribution in [2.24, 2.45) is 11.7 Å². The van der Waals surface area contributed by atoms with Gasteiger partial charge in [-0.15, -0.1) is 0 Å². The second-order valence-electron chi connectivity index (χ2n) is 3.72. The van der Waals surface area contributed by atoms with E-state index in [1.807, 2.05) is 0 Å². The van der Waals surface area contributed by atoms with Crippen molar-refractivity contribution in [3.05, 3.63) is 0 Å². The molecular weight excluding hydrogens is 138 g/mol. The molecule has 1 fully saturated rings. The summed E-state index contributed by atoms with van der Waals surface area (Å²) in [5.41, 5.74) is 5.84. The monoisotopic (exact) mass is 157 g/mol. The molecule has 1 aliphatic carbocycles. The summed E-state index contributed by atoms with van der Waals surface area (Å²) >= 11 is 0. The maximum absolute atomic E-state index is 9.25. The second-order valence-corrected chi connectivity index (χ2v) is 3.72. The first-order chi connectivity index (χ1) is 5.22. The molecule has 0 heterocycles. The summed E-state index contributed by atoms with van der Waals surface area (Å²) in [5.74, 6) is 0.573. The van der Waals surface area contributed by atoms with Gasteiger partial charge in [-0.25, -0.2) is 0 Å². The van der Waals surface area contributed by atoms with Crippen molar-refractivity contribution in [1.82, 2.24) is 0 Å². The average Bonchev–Trinajstić information content (AvgIpc) is 2.05. The lowest BCUT2D eigenvalue weighted by atomic mass is 9.82. The average molecular weight is 157 g/mol. The minimum atomic E-state index is -0.335. The van der Waals surface area contributed by atoms with Gasteiger partial charge in [-0.1, -0.05) is 19.3 Å². The van der Waals surface area contributed by atoms with E-state index >= 15 is 0 Å². The van der Waals surface area contributed by atoms with Gasteiger partial charge >= 0.3 is 0 Å². The van der Waals surface area contributed by atoms with Gasteiger partial charge in [0.2, 0.25) is 0 Å². The van der Waals surface area contributed by atoms with Crippen LogP contribution in [0.15, 0.2) is 0 Å². The van der Waals surface area contributed by atoms with Gasteiger partial charge in [0.05, 0.1) is 6.10 Å². The molecule has 1 unspecified atom stereocenters. The highest BCUT2D eigenvalue weighted by atomic mass is 16.3. The van der Waals surface area contributed by atoms with Gasteiger partial charge in [0.25, 0.3) is 0 Å². The highest BCUT2D eigenvalue weighted by Crippen LogP contribution is 2.26. The number of hydrogen-bond acceptors (Lipinski definition) is 2. The highest BCUT2D eigenvalue weighted by Gasteiger charge is 2.23. The molecule has 0 radical (unpaired) electrons. The molecule has 66 valence electrons. The topological polar surface area (TPSA) is 46.2 Å². The second kappa shape index (κ2) is 4.07. The molecule has 0 bridgehead atoms. The maximum Gasteiger partial charge on any atom is 0.0665 e. The Morgan fingerprint density at radius 1 is 1.27 bits per heavy atom. The lowest BCUT2D eigenvalue weighted by Crippen LogP contribution is -2.40. The predicted octanol–water partition coefficient (Wildman–Crippen LogP) is 1.27. The van der Waals surface area contributed by atoms with Crippen molar-refractivity contribution in [1.29, 1.82) is 0 Å². The first kappa shape index (κ1) is 9.01. The third-order valence-electron chi connectivity index (χ3n) is 2.75. The number of nitrogens with two attached hydrogens (primary N) is 1. The molecule has 0 amide bonds. The minimum Gasteiger partial charge on any atom is -0.392 e. The molecule has 0 aromatic heterocycles. The Hall–Kier alpha value is -0.0800. The van der Waals surface area contributed by atoms with Crippen molar-refractivity contribution in [3.8, 4) is 0 Å². The highest BCUT2D eigenvalue weighted by molar-refractivity contribution is 4.79. The lowest BCUT2D eigenvalue weighted by molar-refractivity contribution is 0.119. The van der Waals surface area contributed by atoms with E-state index in [0.29, 0.717) is 5.92 Å². The normalized spacial score (nSPS) is 26.5. The van der Waals surface area contributed by atoms with E-state index in [9.17, 15) is 5.11 Å². The van der Waals surface area contributed by atoms with Gasteiger partial charge in [0, 0.05) is 6.04 Å². The van der Waals surface area contributed by atoms with Crippen LogP contribution in [-0.2, 0) is 0 Å². The maximum atomic E-state index is 9.25. The van der Waals surface area contributed by atoms with E-state index < -0.39 is 0 Å². The molecule has 3 N–H and O–H groups in total. The lowest BCUT2D eigenvalue weighted by Gasteiger charge is -2.29. The van der Waals surface area contributed by atoms with Crippen LogP contribution < -0.4 is 5.73 Å². The quantitative estimate of drug-likeness (QED) is 0.634. The van der Waals surface area contributed by atoms with E-state index in [-0.39, 0.29) is 12.1 Å². The zero-order valence-corrected chi connectivity index (χ0v) is 7.29. The molecule has 0 aromatic carbocycles. The third kappa shape index (κ3) is 2.46. The van der Waals surface area contributed by atoms with Gasteiger partial charge in [-0.05, 0) is 25.7 Å². The Labute approximate surface area is 68.8 Å². The van der Waals surface area contributed by atoms with Gasteiger partial charge < -0.3 is 10.8 Å². The Kier molecular flexibility index (Phi) is 3.34. The first-order valence-corrected chi connectivity index (χ1v) is 4.65. The molecule has 2 nitrogen and oxygen atoms in total. The van der Waals surface area contributed by atoms with Gasteiger partial charge in [0.1, 0.15) is 0 Å². The van der Waals surface area contributed by atoms with Gasteiger partial charge in [-0.3, -0.25) is 0 Å². The molecule has 1 aliphatic rings.